The van der Waals surface area contributed by atoms with Gasteiger partial charge in [-0.15, -0.1) is 0 Å². The zero-order chi connectivity index (χ0) is 13.9. The Labute approximate surface area is 116 Å². The molecule has 0 radical (unpaired) electrons. The van der Waals surface area contributed by atoms with Crippen LogP contribution in [0.3, 0.4) is 0 Å². The van der Waals surface area contributed by atoms with Crippen LogP contribution in [0.1, 0.15) is 65.2 Å². The highest BCUT2D eigenvalue weighted by Crippen LogP contribution is 2.46. The lowest BCUT2D eigenvalue weighted by Gasteiger charge is -2.37. The molecule has 0 saturated heterocycles. The molecule has 0 aliphatic heterocycles. The maximum absolute atomic E-state index is 11.7. The lowest BCUT2D eigenvalue weighted by Crippen LogP contribution is -2.24. The van der Waals surface area contributed by atoms with Gasteiger partial charge in [0.15, 0.2) is 5.78 Å². The highest BCUT2D eigenvalue weighted by molar-refractivity contribution is 5.97. The molecule has 1 atom stereocenters. The molecule has 0 aromatic carbocycles. The van der Waals surface area contributed by atoms with Crippen molar-refractivity contribution in [3.63, 3.8) is 0 Å². The number of ketones is 1. The fourth-order valence-corrected chi connectivity index (χ4v) is 3.58. The van der Waals surface area contributed by atoms with Gasteiger partial charge < -0.3 is 0 Å². The molecule has 102 valence electrons. The molecule has 0 spiro atoms. The molecular formula is C17H23NO. The smallest absolute Gasteiger partial charge is 0.158 e. The van der Waals surface area contributed by atoms with Crippen LogP contribution in [0.15, 0.2) is 22.8 Å². The van der Waals surface area contributed by atoms with Crippen LogP contribution in [0, 0.1) is 16.7 Å². The average molecular weight is 257 g/mol. The van der Waals surface area contributed by atoms with Gasteiger partial charge in [0.05, 0.1) is 12.5 Å². The number of rotatable bonds is 4. The summed E-state index contributed by atoms with van der Waals surface area (Å²) in [6.45, 7) is 4.45. The summed E-state index contributed by atoms with van der Waals surface area (Å²) < 4.78 is 0. The third kappa shape index (κ3) is 2.97. The normalized spacial score (nSPS) is 27.4. The Hall–Kier alpha value is -1.36. The van der Waals surface area contributed by atoms with Gasteiger partial charge >= 0.3 is 0 Å². The molecule has 2 nitrogen and oxygen atoms in total. The van der Waals surface area contributed by atoms with Gasteiger partial charge in [-0.3, -0.25) is 4.79 Å². The number of allylic oxidation sites excluding steroid dienone is 4. The molecule has 0 aromatic heterocycles. The summed E-state index contributed by atoms with van der Waals surface area (Å²) in [6, 6.07) is 2.32. The van der Waals surface area contributed by atoms with Crippen molar-refractivity contribution in [3.05, 3.63) is 22.8 Å². The largest absolute Gasteiger partial charge is 0.295 e. The van der Waals surface area contributed by atoms with Gasteiger partial charge in [-0.1, -0.05) is 24.1 Å². The predicted molar refractivity (Wildman–Crippen MR) is 76.4 cm³/mol. The summed E-state index contributed by atoms with van der Waals surface area (Å²) in [7, 11) is 0. The number of Topliss-reactive ketones (excluding diaryl/α,β-unsaturated/α-hetero) is 1. The Morgan fingerprint density at radius 3 is 2.84 bits per heavy atom. The minimum atomic E-state index is 0.127. The molecule has 2 aliphatic rings. The van der Waals surface area contributed by atoms with E-state index in [1.54, 1.807) is 0 Å². The van der Waals surface area contributed by atoms with Crippen LogP contribution in [0.4, 0.5) is 0 Å². The van der Waals surface area contributed by atoms with Crippen LogP contribution >= 0.6 is 0 Å². The number of nitriles is 1. The van der Waals surface area contributed by atoms with Crippen LogP contribution in [-0.4, -0.2) is 5.78 Å². The SMILES string of the molecule is CC1=C(CC#N)[C@](C)(CCC2=CCCC2=O)CCC1. The van der Waals surface area contributed by atoms with Crippen molar-refractivity contribution >= 4 is 5.78 Å². The van der Waals surface area contributed by atoms with Crippen LogP contribution in [0.25, 0.3) is 0 Å². The maximum atomic E-state index is 11.7. The van der Waals surface area contributed by atoms with E-state index in [-0.39, 0.29) is 5.41 Å². The summed E-state index contributed by atoms with van der Waals surface area (Å²) in [5.41, 5.74) is 3.90. The maximum Gasteiger partial charge on any atom is 0.158 e. The van der Waals surface area contributed by atoms with Crippen molar-refractivity contribution in [2.45, 2.75) is 65.2 Å². The molecule has 0 amide bonds. The van der Waals surface area contributed by atoms with E-state index in [1.165, 1.54) is 17.6 Å². The summed E-state index contributed by atoms with van der Waals surface area (Å²) in [6.07, 6.45) is 9.68. The summed E-state index contributed by atoms with van der Waals surface area (Å²) in [5.74, 6) is 0.335. The number of hydrogen-bond acceptors (Lipinski definition) is 2. The van der Waals surface area contributed by atoms with Gasteiger partial charge in [0.1, 0.15) is 0 Å². The molecule has 0 unspecified atom stereocenters. The van der Waals surface area contributed by atoms with Gasteiger partial charge in [0.2, 0.25) is 0 Å². The molecule has 0 saturated carbocycles. The first-order valence-electron chi connectivity index (χ1n) is 7.35. The number of hydrogen-bond donors (Lipinski definition) is 0. The van der Waals surface area contributed by atoms with E-state index < -0.39 is 0 Å². The van der Waals surface area contributed by atoms with Crippen LogP contribution in [0.5, 0.6) is 0 Å². The molecule has 0 fully saturated rings. The summed E-state index contributed by atoms with van der Waals surface area (Å²) in [5, 5.41) is 9.04. The fourth-order valence-electron chi connectivity index (χ4n) is 3.58. The van der Waals surface area contributed by atoms with Gasteiger partial charge in [0, 0.05) is 6.42 Å². The van der Waals surface area contributed by atoms with Gasteiger partial charge in [0.25, 0.3) is 0 Å². The zero-order valence-corrected chi connectivity index (χ0v) is 12.1. The molecule has 19 heavy (non-hydrogen) atoms. The van der Waals surface area contributed by atoms with Crippen LogP contribution in [-0.2, 0) is 4.79 Å². The first-order valence-corrected chi connectivity index (χ1v) is 7.35. The third-order valence-electron chi connectivity index (χ3n) is 4.85. The minimum Gasteiger partial charge on any atom is -0.295 e. The number of carbonyl (C=O) groups excluding carboxylic acids is 1. The fraction of sp³-hybridized carbons (Fsp3) is 0.647. The molecule has 0 bridgehead atoms. The van der Waals surface area contributed by atoms with Gasteiger partial charge in [-0.05, 0) is 56.4 Å². The third-order valence-corrected chi connectivity index (χ3v) is 4.85. The molecule has 0 N–H and O–H groups in total. The molecule has 2 heteroatoms. The van der Waals surface area contributed by atoms with Crippen molar-refractivity contribution in [2.24, 2.45) is 5.41 Å². The second-order valence-electron chi connectivity index (χ2n) is 6.20. The van der Waals surface area contributed by atoms with Crippen molar-refractivity contribution in [1.29, 1.82) is 5.26 Å². The molecule has 0 aromatic rings. The van der Waals surface area contributed by atoms with E-state index in [0.717, 1.165) is 37.7 Å². The molecular weight excluding hydrogens is 234 g/mol. The second kappa shape index (κ2) is 5.74. The Morgan fingerprint density at radius 1 is 1.42 bits per heavy atom. The van der Waals surface area contributed by atoms with Gasteiger partial charge in [-0.2, -0.15) is 5.26 Å². The van der Waals surface area contributed by atoms with Crippen molar-refractivity contribution < 1.29 is 4.79 Å². The molecule has 2 rings (SSSR count). The Balaban J connectivity index is 2.10. The zero-order valence-electron chi connectivity index (χ0n) is 12.1. The van der Waals surface area contributed by atoms with Gasteiger partial charge in [-0.25, -0.2) is 0 Å². The number of nitrogens with zero attached hydrogens (tertiary/aromatic N) is 1. The quantitative estimate of drug-likeness (QED) is 0.697. The van der Waals surface area contributed by atoms with Crippen molar-refractivity contribution in [1.82, 2.24) is 0 Å². The lowest BCUT2D eigenvalue weighted by atomic mass is 9.67. The van der Waals surface area contributed by atoms with E-state index in [9.17, 15) is 4.79 Å². The molecule has 0 heterocycles. The van der Waals surface area contributed by atoms with E-state index in [0.29, 0.717) is 18.6 Å². The van der Waals surface area contributed by atoms with Crippen LogP contribution < -0.4 is 0 Å². The van der Waals surface area contributed by atoms with E-state index in [4.69, 9.17) is 5.26 Å². The first kappa shape index (κ1) is 14.1. The van der Waals surface area contributed by atoms with Crippen LogP contribution in [0.2, 0.25) is 0 Å². The minimum absolute atomic E-state index is 0.127. The van der Waals surface area contributed by atoms with E-state index >= 15 is 0 Å². The topological polar surface area (TPSA) is 40.9 Å². The monoisotopic (exact) mass is 257 g/mol. The second-order valence-corrected chi connectivity index (χ2v) is 6.20. The highest BCUT2D eigenvalue weighted by Gasteiger charge is 2.33. The lowest BCUT2D eigenvalue weighted by molar-refractivity contribution is -0.115. The van der Waals surface area contributed by atoms with E-state index in [2.05, 4.69) is 26.0 Å². The highest BCUT2D eigenvalue weighted by atomic mass is 16.1. The van der Waals surface area contributed by atoms with E-state index in [1.807, 2.05) is 0 Å². The molecule has 2 aliphatic carbocycles. The van der Waals surface area contributed by atoms with Crippen molar-refractivity contribution in [3.8, 4) is 6.07 Å². The summed E-state index contributed by atoms with van der Waals surface area (Å²) >= 11 is 0. The Kier molecular flexibility index (Phi) is 4.24. The standard InChI is InChI=1S/C17H23NO/c1-13-5-4-10-17(2,15(13)9-12-18)11-8-14-6-3-7-16(14)19/h6H,3-5,7-11H2,1-2H3/t17-/m0/s1. The Morgan fingerprint density at radius 2 is 2.21 bits per heavy atom. The first-order chi connectivity index (χ1) is 9.07. The average Bonchev–Trinajstić information content (AvgIpc) is 2.78. The predicted octanol–water partition coefficient (Wildman–Crippen LogP) is 4.48. The number of carbonyl (C=O) groups is 1. The summed E-state index contributed by atoms with van der Waals surface area (Å²) in [4.78, 5) is 11.7. The Bertz CT molecular complexity index is 478. The van der Waals surface area contributed by atoms with Crippen molar-refractivity contribution in [2.75, 3.05) is 0 Å².